The number of aromatic nitrogens is 3. The SMILES string of the molecule is CN(C)Nc1cccc(Nc2nccn3ccnc23)c1. The zero-order valence-corrected chi connectivity index (χ0v) is 11.4. The Hall–Kier alpha value is -2.60. The average Bonchev–Trinajstić information content (AvgIpc) is 2.88. The van der Waals surface area contributed by atoms with Crippen molar-refractivity contribution >= 4 is 22.8 Å². The van der Waals surface area contributed by atoms with Crippen molar-refractivity contribution in [2.45, 2.75) is 0 Å². The second kappa shape index (κ2) is 5.18. The van der Waals surface area contributed by atoms with Crippen LogP contribution in [0, 0.1) is 0 Å². The van der Waals surface area contributed by atoms with Gasteiger partial charge in [0.15, 0.2) is 11.5 Å². The van der Waals surface area contributed by atoms with Crippen LogP contribution in [0.1, 0.15) is 0 Å². The molecular formula is C14H16N6. The molecule has 0 unspecified atom stereocenters. The number of hydrogen-bond donors (Lipinski definition) is 2. The molecule has 0 radical (unpaired) electrons. The lowest BCUT2D eigenvalue weighted by atomic mass is 10.3. The minimum absolute atomic E-state index is 0.736. The van der Waals surface area contributed by atoms with Crippen LogP contribution in [0.3, 0.4) is 0 Å². The van der Waals surface area contributed by atoms with Gasteiger partial charge in [-0.05, 0) is 18.2 Å². The molecule has 6 nitrogen and oxygen atoms in total. The third-order valence-corrected chi connectivity index (χ3v) is 2.79. The number of benzene rings is 1. The highest BCUT2D eigenvalue weighted by atomic mass is 15.5. The molecule has 0 amide bonds. The lowest BCUT2D eigenvalue weighted by Gasteiger charge is -2.14. The highest BCUT2D eigenvalue weighted by Gasteiger charge is 2.04. The predicted molar refractivity (Wildman–Crippen MR) is 80.0 cm³/mol. The molecule has 102 valence electrons. The summed E-state index contributed by atoms with van der Waals surface area (Å²) >= 11 is 0. The number of fused-ring (bicyclic) bond motifs is 1. The fourth-order valence-corrected chi connectivity index (χ4v) is 2.00. The molecule has 3 aromatic rings. The summed E-state index contributed by atoms with van der Waals surface area (Å²) in [4.78, 5) is 8.64. The summed E-state index contributed by atoms with van der Waals surface area (Å²) < 4.78 is 1.93. The van der Waals surface area contributed by atoms with Crippen LogP contribution in [-0.2, 0) is 0 Å². The van der Waals surface area contributed by atoms with Crippen molar-refractivity contribution in [3.05, 3.63) is 49.1 Å². The number of imidazole rings is 1. The van der Waals surface area contributed by atoms with Gasteiger partial charge in [-0.2, -0.15) is 0 Å². The first-order chi connectivity index (χ1) is 9.72. The maximum atomic E-state index is 4.34. The number of rotatable bonds is 4. The van der Waals surface area contributed by atoms with Crippen molar-refractivity contribution in [2.75, 3.05) is 24.8 Å². The number of nitrogens with one attached hydrogen (secondary N) is 2. The Morgan fingerprint density at radius 1 is 1.05 bits per heavy atom. The monoisotopic (exact) mass is 268 g/mol. The Morgan fingerprint density at radius 3 is 2.60 bits per heavy atom. The van der Waals surface area contributed by atoms with E-state index in [9.17, 15) is 0 Å². The quantitative estimate of drug-likeness (QED) is 0.711. The first-order valence-electron chi connectivity index (χ1n) is 6.31. The van der Waals surface area contributed by atoms with Gasteiger partial charge in [-0.15, -0.1) is 0 Å². The summed E-state index contributed by atoms with van der Waals surface area (Å²) in [5, 5.41) is 5.19. The molecule has 0 saturated carbocycles. The highest BCUT2D eigenvalue weighted by molar-refractivity contribution is 5.71. The summed E-state index contributed by atoms with van der Waals surface area (Å²) in [6.07, 6.45) is 7.27. The molecule has 2 N–H and O–H groups in total. The zero-order chi connectivity index (χ0) is 13.9. The van der Waals surface area contributed by atoms with Crippen LogP contribution in [-0.4, -0.2) is 33.5 Å². The molecule has 2 aromatic heterocycles. The van der Waals surface area contributed by atoms with E-state index in [1.165, 1.54) is 0 Å². The molecule has 20 heavy (non-hydrogen) atoms. The van der Waals surface area contributed by atoms with E-state index in [4.69, 9.17) is 0 Å². The molecule has 0 spiro atoms. The molecule has 6 heteroatoms. The fraction of sp³-hybridized carbons (Fsp3) is 0.143. The van der Waals surface area contributed by atoms with Crippen LogP contribution >= 0.6 is 0 Å². The predicted octanol–water partition coefficient (Wildman–Crippen LogP) is 2.36. The number of hydrogen-bond acceptors (Lipinski definition) is 5. The molecule has 3 rings (SSSR count). The molecule has 2 heterocycles. The van der Waals surface area contributed by atoms with E-state index in [1.807, 2.05) is 60.2 Å². The average molecular weight is 268 g/mol. The molecule has 0 aliphatic heterocycles. The van der Waals surface area contributed by atoms with E-state index >= 15 is 0 Å². The summed E-state index contributed by atoms with van der Waals surface area (Å²) in [5.74, 6) is 0.736. The van der Waals surface area contributed by atoms with Gasteiger partial charge >= 0.3 is 0 Å². The van der Waals surface area contributed by atoms with Gasteiger partial charge in [-0.3, -0.25) is 0 Å². The Balaban J connectivity index is 1.89. The molecule has 0 fully saturated rings. The molecule has 0 bridgehead atoms. The Morgan fingerprint density at radius 2 is 1.80 bits per heavy atom. The Bertz CT molecular complexity index is 718. The molecule has 0 aliphatic carbocycles. The van der Waals surface area contributed by atoms with E-state index in [0.29, 0.717) is 0 Å². The second-order valence-corrected chi connectivity index (χ2v) is 4.65. The zero-order valence-electron chi connectivity index (χ0n) is 11.4. The van der Waals surface area contributed by atoms with Gasteiger partial charge in [0, 0.05) is 44.6 Å². The second-order valence-electron chi connectivity index (χ2n) is 4.65. The van der Waals surface area contributed by atoms with E-state index in [-0.39, 0.29) is 0 Å². The third-order valence-electron chi connectivity index (χ3n) is 2.79. The van der Waals surface area contributed by atoms with Crippen molar-refractivity contribution in [3.63, 3.8) is 0 Å². The van der Waals surface area contributed by atoms with E-state index in [1.54, 1.807) is 12.4 Å². The van der Waals surface area contributed by atoms with Crippen molar-refractivity contribution in [1.82, 2.24) is 19.4 Å². The smallest absolute Gasteiger partial charge is 0.180 e. The molecule has 0 atom stereocenters. The summed E-state index contributed by atoms with van der Waals surface area (Å²) in [6, 6.07) is 8.01. The van der Waals surface area contributed by atoms with Gasteiger partial charge in [0.2, 0.25) is 0 Å². The van der Waals surface area contributed by atoms with Crippen LogP contribution in [0.15, 0.2) is 49.1 Å². The van der Waals surface area contributed by atoms with Gasteiger partial charge in [-0.25, -0.2) is 15.0 Å². The summed E-state index contributed by atoms with van der Waals surface area (Å²) in [6.45, 7) is 0. The fourth-order valence-electron chi connectivity index (χ4n) is 2.00. The van der Waals surface area contributed by atoms with E-state index < -0.39 is 0 Å². The number of nitrogens with zero attached hydrogens (tertiary/aromatic N) is 4. The van der Waals surface area contributed by atoms with Crippen LogP contribution in [0.25, 0.3) is 5.65 Å². The van der Waals surface area contributed by atoms with Crippen molar-refractivity contribution < 1.29 is 0 Å². The summed E-state index contributed by atoms with van der Waals surface area (Å²) in [7, 11) is 3.90. The van der Waals surface area contributed by atoms with Crippen molar-refractivity contribution in [3.8, 4) is 0 Å². The molecule has 1 aromatic carbocycles. The van der Waals surface area contributed by atoms with Gasteiger partial charge in [-0.1, -0.05) is 6.07 Å². The first-order valence-corrected chi connectivity index (χ1v) is 6.31. The van der Waals surface area contributed by atoms with E-state index in [2.05, 4.69) is 20.7 Å². The Kier molecular flexibility index (Phi) is 3.22. The van der Waals surface area contributed by atoms with Crippen LogP contribution < -0.4 is 10.7 Å². The standard InChI is InChI=1S/C14H16N6/c1-19(2)18-12-5-3-4-11(10-12)17-13-14-16-7-9-20(14)8-6-15-13/h3-10,18H,1-2H3,(H,15,17). The van der Waals surface area contributed by atoms with E-state index in [0.717, 1.165) is 22.8 Å². The van der Waals surface area contributed by atoms with Gasteiger partial charge in [0.25, 0.3) is 0 Å². The van der Waals surface area contributed by atoms with Crippen LogP contribution in [0.4, 0.5) is 17.2 Å². The molecular weight excluding hydrogens is 252 g/mol. The lowest BCUT2D eigenvalue weighted by Crippen LogP contribution is -2.19. The van der Waals surface area contributed by atoms with Crippen molar-refractivity contribution in [2.24, 2.45) is 0 Å². The molecule has 0 saturated heterocycles. The van der Waals surface area contributed by atoms with Crippen molar-refractivity contribution in [1.29, 1.82) is 0 Å². The minimum Gasteiger partial charge on any atom is -0.337 e. The topological polar surface area (TPSA) is 57.5 Å². The maximum Gasteiger partial charge on any atom is 0.180 e. The lowest BCUT2D eigenvalue weighted by molar-refractivity contribution is 0.495. The molecule has 0 aliphatic rings. The highest BCUT2D eigenvalue weighted by Crippen LogP contribution is 2.21. The minimum atomic E-state index is 0.736. The normalized spacial score (nSPS) is 10.9. The maximum absolute atomic E-state index is 4.34. The van der Waals surface area contributed by atoms with Gasteiger partial charge in [0.1, 0.15) is 0 Å². The Labute approximate surface area is 117 Å². The van der Waals surface area contributed by atoms with Crippen LogP contribution in [0.2, 0.25) is 0 Å². The van der Waals surface area contributed by atoms with Gasteiger partial charge < -0.3 is 15.1 Å². The summed E-state index contributed by atoms with van der Waals surface area (Å²) in [5.41, 5.74) is 5.99. The van der Waals surface area contributed by atoms with Gasteiger partial charge in [0.05, 0.1) is 5.69 Å². The third kappa shape index (κ3) is 2.55. The van der Waals surface area contributed by atoms with Crippen LogP contribution in [0.5, 0.6) is 0 Å². The first kappa shape index (κ1) is 12.4. The number of hydrazine groups is 1. The number of anilines is 3. The largest absolute Gasteiger partial charge is 0.337 e.